The van der Waals surface area contributed by atoms with E-state index >= 15 is 0 Å². The Morgan fingerprint density at radius 2 is 2.16 bits per heavy atom. The van der Waals surface area contributed by atoms with E-state index in [4.69, 9.17) is 10.9 Å². The van der Waals surface area contributed by atoms with E-state index in [0.717, 1.165) is 0 Å². The van der Waals surface area contributed by atoms with Gasteiger partial charge in [0.2, 0.25) is 10.0 Å². The molecule has 1 aromatic carbocycles. The first-order valence-corrected chi connectivity index (χ1v) is 6.97. The van der Waals surface area contributed by atoms with Crippen molar-refractivity contribution in [3.05, 3.63) is 30.4 Å². The van der Waals surface area contributed by atoms with E-state index in [1.54, 1.807) is 12.1 Å². The fraction of sp³-hybridized carbons (Fsp3) is 0.200. The minimum atomic E-state index is -3.85. The lowest BCUT2D eigenvalue weighted by molar-refractivity contribution is 0.598. The van der Waals surface area contributed by atoms with Crippen molar-refractivity contribution in [3.8, 4) is 0 Å². The van der Waals surface area contributed by atoms with Gasteiger partial charge in [0.05, 0.1) is 17.4 Å². The molecule has 0 spiro atoms. The Kier molecular flexibility index (Phi) is 3.40. The zero-order valence-electron chi connectivity index (χ0n) is 10.2. The van der Waals surface area contributed by atoms with Crippen LogP contribution in [0.15, 0.2) is 29.4 Å². The number of rotatable bonds is 4. The normalized spacial score (nSPS) is 13.2. The summed E-state index contributed by atoms with van der Waals surface area (Å²) in [5.41, 5.74) is 6.35. The van der Waals surface area contributed by atoms with Crippen molar-refractivity contribution in [1.82, 2.24) is 15.2 Å². The first kappa shape index (κ1) is 13.3. The van der Waals surface area contributed by atoms with Gasteiger partial charge < -0.3 is 11.1 Å². The number of anilines is 2. The van der Waals surface area contributed by atoms with Crippen LogP contribution < -0.4 is 16.2 Å². The minimum absolute atomic E-state index is 0.0800. The summed E-state index contributed by atoms with van der Waals surface area (Å²) < 4.78 is 22.7. The Bertz CT molecular complexity index is 667. The lowest BCUT2D eigenvalue weighted by Crippen LogP contribution is -2.16. The molecule has 0 amide bonds. The molecule has 0 radical (unpaired) electrons. The van der Waals surface area contributed by atoms with E-state index in [2.05, 4.69) is 20.5 Å². The van der Waals surface area contributed by atoms with Gasteiger partial charge in [-0.25, -0.2) is 18.5 Å². The summed E-state index contributed by atoms with van der Waals surface area (Å²) in [5.74, 6) is 0.611. The Morgan fingerprint density at radius 1 is 1.42 bits per heavy atom. The number of benzene rings is 1. The van der Waals surface area contributed by atoms with E-state index in [1.807, 2.05) is 6.92 Å². The van der Waals surface area contributed by atoms with E-state index < -0.39 is 10.0 Å². The molecule has 8 nitrogen and oxygen atoms in total. The fourth-order valence-electron chi connectivity index (χ4n) is 1.64. The highest BCUT2D eigenvalue weighted by molar-refractivity contribution is 7.89. The summed E-state index contributed by atoms with van der Waals surface area (Å²) in [6.07, 6.45) is 1.39. The SMILES string of the molecule is CC(Nc1cccc(S(N)(=O)=O)c1N)c1ncn[nH]1. The number of hydrogen-bond acceptors (Lipinski definition) is 6. The van der Waals surface area contributed by atoms with Gasteiger partial charge in [0.15, 0.2) is 0 Å². The van der Waals surface area contributed by atoms with Crippen LogP contribution in [0, 0.1) is 0 Å². The molecule has 0 bridgehead atoms. The molecule has 0 fully saturated rings. The number of hydrogen-bond donors (Lipinski definition) is 4. The highest BCUT2D eigenvalue weighted by atomic mass is 32.2. The number of aromatic nitrogens is 3. The van der Waals surface area contributed by atoms with Gasteiger partial charge >= 0.3 is 0 Å². The van der Waals surface area contributed by atoms with Crippen molar-refractivity contribution in [1.29, 1.82) is 0 Å². The molecule has 9 heteroatoms. The fourth-order valence-corrected chi connectivity index (χ4v) is 2.33. The van der Waals surface area contributed by atoms with Crippen LogP contribution in [0.3, 0.4) is 0 Å². The summed E-state index contributed by atoms with van der Waals surface area (Å²) in [5, 5.41) is 14.6. The molecule has 0 saturated heterocycles. The quantitative estimate of drug-likeness (QED) is 0.591. The number of nitrogens with one attached hydrogen (secondary N) is 2. The molecule has 0 aliphatic carbocycles. The Balaban J connectivity index is 2.32. The molecule has 0 aliphatic rings. The standard InChI is InChI=1S/C10H14N6O2S/c1-6(10-13-5-14-16-10)15-7-3-2-4-8(9(7)11)19(12,17)18/h2-6,15H,11H2,1H3,(H2,12,17,18)(H,13,14,16). The summed E-state index contributed by atoms with van der Waals surface area (Å²) in [6.45, 7) is 1.84. The molecule has 1 aromatic heterocycles. The Morgan fingerprint density at radius 3 is 2.74 bits per heavy atom. The van der Waals surface area contributed by atoms with Crippen LogP contribution in [0.4, 0.5) is 11.4 Å². The molecular formula is C10H14N6O2S. The molecule has 0 aliphatic heterocycles. The van der Waals surface area contributed by atoms with Crippen molar-refractivity contribution in [2.24, 2.45) is 5.14 Å². The molecule has 0 saturated carbocycles. The third-order valence-corrected chi connectivity index (χ3v) is 3.56. The summed E-state index contributed by atoms with van der Waals surface area (Å²) in [6, 6.07) is 4.37. The van der Waals surface area contributed by atoms with Gasteiger partial charge in [0, 0.05) is 0 Å². The molecule has 1 heterocycles. The van der Waals surface area contributed by atoms with E-state index in [-0.39, 0.29) is 16.6 Å². The molecule has 19 heavy (non-hydrogen) atoms. The van der Waals surface area contributed by atoms with E-state index in [9.17, 15) is 8.42 Å². The second kappa shape index (κ2) is 4.86. The Hall–Kier alpha value is -2.13. The number of nitrogens with two attached hydrogens (primary N) is 2. The smallest absolute Gasteiger partial charge is 0.240 e. The predicted molar refractivity (Wildman–Crippen MR) is 70.6 cm³/mol. The summed E-state index contributed by atoms with van der Waals surface area (Å²) >= 11 is 0. The summed E-state index contributed by atoms with van der Waals surface area (Å²) in [7, 11) is -3.85. The van der Waals surface area contributed by atoms with Crippen molar-refractivity contribution in [2.45, 2.75) is 17.9 Å². The van der Waals surface area contributed by atoms with Gasteiger partial charge in [-0.1, -0.05) is 6.07 Å². The zero-order chi connectivity index (χ0) is 14.0. The third-order valence-electron chi connectivity index (χ3n) is 2.59. The lowest BCUT2D eigenvalue weighted by atomic mass is 10.2. The minimum Gasteiger partial charge on any atom is -0.396 e. The van der Waals surface area contributed by atoms with Gasteiger partial charge in [0.25, 0.3) is 0 Å². The summed E-state index contributed by atoms with van der Waals surface area (Å²) in [4.78, 5) is 3.89. The monoisotopic (exact) mass is 282 g/mol. The van der Waals surface area contributed by atoms with Crippen molar-refractivity contribution < 1.29 is 8.42 Å². The maximum absolute atomic E-state index is 11.4. The van der Waals surface area contributed by atoms with Gasteiger partial charge in [-0.3, -0.25) is 5.10 Å². The van der Waals surface area contributed by atoms with Crippen molar-refractivity contribution in [3.63, 3.8) is 0 Å². The first-order valence-electron chi connectivity index (χ1n) is 5.42. The van der Waals surface area contributed by atoms with Crippen LogP contribution in [0.5, 0.6) is 0 Å². The van der Waals surface area contributed by atoms with Crippen LogP contribution in [0.25, 0.3) is 0 Å². The molecule has 2 aromatic rings. The van der Waals surface area contributed by atoms with Crippen LogP contribution in [0.1, 0.15) is 18.8 Å². The molecular weight excluding hydrogens is 268 g/mol. The second-order valence-corrected chi connectivity index (χ2v) is 5.53. The molecule has 6 N–H and O–H groups in total. The van der Waals surface area contributed by atoms with Gasteiger partial charge in [-0.05, 0) is 19.1 Å². The molecule has 102 valence electrons. The van der Waals surface area contributed by atoms with E-state index in [0.29, 0.717) is 11.5 Å². The van der Waals surface area contributed by atoms with E-state index in [1.165, 1.54) is 12.4 Å². The average Bonchev–Trinajstić information content (AvgIpc) is 2.83. The van der Waals surface area contributed by atoms with Crippen LogP contribution in [-0.4, -0.2) is 23.6 Å². The van der Waals surface area contributed by atoms with Crippen LogP contribution in [0.2, 0.25) is 0 Å². The van der Waals surface area contributed by atoms with Gasteiger partial charge in [0.1, 0.15) is 17.0 Å². The predicted octanol–water partition coefficient (Wildman–Crippen LogP) is 0.207. The number of primary sulfonamides is 1. The number of H-pyrrole nitrogens is 1. The van der Waals surface area contributed by atoms with Gasteiger partial charge in [-0.2, -0.15) is 5.10 Å². The Labute approximate surface area is 110 Å². The van der Waals surface area contributed by atoms with Gasteiger partial charge in [-0.15, -0.1) is 0 Å². The average molecular weight is 282 g/mol. The second-order valence-electron chi connectivity index (χ2n) is 4.00. The molecule has 1 atom stereocenters. The first-order chi connectivity index (χ1) is 8.89. The highest BCUT2D eigenvalue weighted by Crippen LogP contribution is 2.28. The number of nitrogens with zero attached hydrogens (tertiary/aromatic N) is 2. The van der Waals surface area contributed by atoms with Crippen molar-refractivity contribution in [2.75, 3.05) is 11.1 Å². The molecule has 2 rings (SSSR count). The number of sulfonamides is 1. The molecule has 1 unspecified atom stereocenters. The van der Waals surface area contributed by atoms with Crippen LogP contribution in [-0.2, 0) is 10.0 Å². The topological polar surface area (TPSA) is 140 Å². The largest absolute Gasteiger partial charge is 0.396 e. The highest BCUT2D eigenvalue weighted by Gasteiger charge is 2.16. The number of nitrogen functional groups attached to an aromatic ring is 1. The third kappa shape index (κ3) is 2.83. The maximum atomic E-state index is 11.4. The maximum Gasteiger partial charge on any atom is 0.240 e. The van der Waals surface area contributed by atoms with Crippen LogP contribution >= 0.6 is 0 Å². The lowest BCUT2D eigenvalue weighted by Gasteiger charge is -2.15. The number of aromatic amines is 1. The zero-order valence-corrected chi connectivity index (χ0v) is 11.0. The van der Waals surface area contributed by atoms with Crippen molar-refractivity contribution >= 4 is 21.4 Å². The number of para-hydroxylation sites is 1.